The van der Waals surface area contributed by atoms with Gasteiger partial charge in [-0.2, -0.15) is 0 Å². The summed E-state index contributed by atoms with van der Waals surface area (Å²) in [6, 6.07) is 0.751. The Morgan fingerprint density at radius 2 is 1.61 bits per heavy atom. The maximum atomic E-state index is 6.22. The van der Waals surface area contributed by atoms with Gasteiger partial charge in [0, 0.05) is 25.9 Å². The Bertz CT molecular complexity index is 188. The Morgan fingerprint density at radius 1 is 1.11 bits per heavy atom. The molecule has 0 bridgehead atoms. The highest BCUT2D eigenvalue weighted by atomic mass is 35.5. The van der Waals surface area contributed by atoms with Crippen LogP contribution in [0.4, 0.5) is 0 Å². The van der Waals surface area contributed by atoms with Crippen LogP contribution in [0.15, 0.2) is 0 Å². The minimum Gasteiger partial charge on any atom is -0.374 e. The van der Waals surface area contributed by atoms with E-state index in [-0.39, 0.29) is 4.71 Å². The van der Waals surface area contributed by atoms with Crippen LogP contribution in [-0.2, 0) is 13.3 Å². The maximum absolute atomic E-state index is 6.22. The molecular formula is C9H21ClO3S4Si. The van der Waals surface area contributed by atoms with E-state index in [1.807, 2.05) is 20.8 Å². The van der Waals surface area contributed by atoms with E-state index in [9.17, 15) is 0 Å². The number of rotatable bonds is 12. The summed E-state index contributed by atoms with van der Waals surface area (Å²) in [5.74, 6) is 0. The summed E-state index contributed by atoms with van der Waals surface area (Å²) in [5, 5.41) is 0. The van der Waals surface area contributed by atoms with Crippen molar-refractivity contribution in [2.75, 3.05) is 19.8 Å². The second-order valence-electron chi connectivity index (χ2n) is 3.17. The van der Waals surface area contributed by atoms with E-state index in [1.54, 1.807) is 20.6 Å². The molecule has 0 heterocycles. The quantitative estimate of drug-likeness (QED) is 0.229. The zero-order valence-corrected chi connectivity index (χ0v) is 16.0. The smallest absolute Gasteiger partial charge is 0.374 e. The summed E-state index contributed by atoms with van der Waals surface area (Å²) >= 11 is 10.3. The van der Waals surface area contributed by atoms with Gasteiger partial charge in [0.2, 0.25) is 0 Å². The average Bonchev–Trinajstić information content (AvgIpc) is 2.35. The van der Waals surface area contributed by atoms with Crippen molar-refractivity contribution in [3.05, 3.63) is 0 Å². The molecule has 0 aromatic heterocycles. The normalized spacial score (nSPS) is 13.8. The maximum Gasteiger partial charge on any atom is 0.501 e. The summed E-state index contributed by atoms with van der Waals surface area (Å²) in [6.45, 7) is 7.69. The average molecular weight is 369 g/mol. The van der Waals surface area contributed by atoms with E-state index in [0.717, 1.165) is 12.5 Å². The first-order chi connectivity index (χ1) is 8.64. The lowest BCUT2D eigenvalue weighted by Gasteiger charge is -2.28. The van der Waals surface area contributed by atoms with Gasteiger partial charge in [0.05, 0.1) is 4.71 Å². The lowest BCUT2D eigenvalue weighted by molar-refractivity contribution is 0.0711. The molecule has 0 aromatic carbocycles. The molecule has 3 nitrogen and oxygen atoms in total. The standard InChI is InChI=1S/C9H21ClO3S4Si/c1-4-11-18(12-5-2,13-6-3)8-7-9(10)15-17-16-14/h9,14H,4-8H2,1-3H3. The molecule has 0 aromatic rings. The molecule has 0 rings (SSSR count). The Morgan fingerprint density at radius 3 is 2.00 bits per heavy atom. The van der Waals surface area contributed by atoms with Gasteiger partial charge in [0.15, 0.2) is 0 Å². The summed E-state index contributed by atoms with van der Waals surface area (Å²) in [7, 11) is 2.03. The molecule has 9 heteroatoms. The monoisotopic (exact) mass is 368 g/mol. The molecule has 0 amide bonds. The van der Waals surface area contributed by atoms with E-state index in [0.29, 0.717) is 19.8 Å². The lowest BCUT2D eigenvalue weighted by Crippen LogP contribution is -2.46. The third kappa shape index (κ3) is 8.86. The topological polar surface area (TPSA) is 27.7 Å². The van der Waals surface area contributed by atoms with Crippen molar-refractivity contribution < 1.29 is 13.3 Å². The van der Waals surface area contributed by atoms with E-state index >= 15 is 0 Å². The molecule has 0 fully saturated rings. The summed E-state index contributed by atoms with van der Waals surface area (Å²) in [4.78, 5) is 0. The lowest BCUT2D eigenvalue weighted by atomic mass is 10.6. The van der Waals surface area contributed by atoms with Crippen molar-refractivity contribution in [1.29, 1.82) is 0 Å². The van der Waals surface area contributed by atoms with Gasteiger partial charge in [-0.3, -0.25) is 0 Å². The minimum atomic E-state index is -2.53. The first kappa shape index (κ1) is 19.8. The Hall–Kier alpha value is 1.79. The number of thiol groups is 1. The van der Waals surface area contributed by atoms with Crippen LogP contribution in [-0.4, -0.2) is 33.3 Å². The minimum absolute atomic E-state index is 0.0166. The Kier molecular flexibility index (Phi) is 13.8. The van der Waals surface area contributed by atoms with E-state index < -0.39 is 8.80 Å². The van der Waals surface area contributed by atoms with Crippen LogP contribution >= 0.6 is 53.7 Å². The van der Waals surface area contributed by atoms with Crippen molar-refractivity contribution in [3.63, 3.8) is 0 Å². The highest BCUT2D eigenvalue weighted by Crippen LogP contribution is 2.42. The number of hydrogen-bond acceptors (Lipinski definition) is 7. The molecule has 0 aliphatic heterocycles. The van der Waals surface area contributed by atoms with Gasteiger partial charge in [-0.1, -0.05) is 22.5 Å². The van der Waals surface area contributed by atoms with Gasteiger partial charge in [0.1, 0.15) is 0 Å². The molecular weight excluding hydrogens is 348 g/mol. The molecule has 0 saturated heterocycles. The van der Waals surface area contributed by atoms with Gasteiger partial charge in [-0.05, 0) is 46.8 Å². The molecule has 0 aliphatic carbocycles. The van der Waals surface area contributed by atoms with Crippen LogP contribution in [0, 0.1) is 0 Å². The van der Waals surface area contributed by atoms with Gasteiger partial charge in [-0.15, -0.1) is 11.6 Å². The van der Waals surface area contributed by atoms with Crippen molar-refractivity contribution in [3.8, 4) is 0 Å². The van der Waals surface area contributed by atoms with Gasteiger partial charge in [-0.25, -0.2) is 0 Å². The van der Waals surface area contributed by atoms with Crippen molar-refractivity contribution in [1.82, 2.24) is 0 Å². The fraction of sp³-hybridized carbons (Fsp3) is 1.00. The summed E-state index contributed by atoms with van der Waals surface area (Å²) in [5.41, 5.74) is 0. The van der Waals surface area contributed by atoms with Crippen LogP contribution in [0.3, 0.4) is 0 Å². The molecule has 1 atom stereocenters. The number of alkyl halides is 1. The summed E-state index contributed by atoms with van der Waals surface area (Å²) in [6.07, 6.45) is 0.805. The second kappa shape index (κ2) is 12.5. The van der Waals surface area contributed by atoms with Crippen molar-refractivity contribution in [2.24, 2.45) is 0 Å². The van der Waals surface area contributed by atoms with E-state index in [2.05, 4.69) is 11.7 Å². The van der Waals surface area contributed by atoms with Gasteiger partial charge >= 0.3 is 8.80 Å². The van der Waals surface area contributed by atoms with Gasteiger partial charge in [0.25, 0.3) is 0 Å². The predicted octanol–water partition coefficient (Wildman–Crippen LogP) is 4.86. The van der Waals surface area contributed by atoms with Crippen molar-refractivity contribution >= 4 is 62.5 Å². The molecule has 0 saturated carbocycles. The zero-order valence-electron chi connectivity index (χ0n) is 10.9. The van der Waals surface area contributed by atoms with Crippen molar-refractivity contribution in [2.45, 2.75) is 37.9 Å². The largest absolute Gasteiger partial charge is 0.501 e. The van der Waals surface area contributed by atoms with Crippen LogP contribution < -0.4 is 0 Å². The molecule has 0 radical (unpaired) electrons. The van der Waals surface area contributed by atoms with Crippen LogP contribution in [0.25, 0.3) is 0 Å². The highest BCUT2D eigenvalue weighted by molar-refractivity contribution is 9.24. The molecule has 110 valence electrons. The third-order valence-corrected chi connectivity index (χ3v) is 10.4. The molecule has 0 aliphatic rings. The highest BCUT2D eigenvalue weighted by Gasteiger charge is 2.40. The number of hydrogen-bond donors (Lipinski definition) is 1. The van der Waals surface area contributed by atoms with Crippen LogP contribution in [0.2, 0.25) is 6.04 Å². The Balaban J connectivity index is 4.27. The molecule has 1 unspecified atom stereocenters. The first-order valence-electron chi connectivity index (χ1n) is 5.83. The summed E-state index contributed by atoms with van der Waals surface area (Å²) < 4.78 is 17.3. The first-order valence-corrected chi connectivity index (χ1v) is 12.8. The zero-order chi connectivity index (χ0) is 13.9. The fourth-order valence-corrected chi connectivity index (χ4v) is 8.36. The predicted molar refractivity (Wildman–Crippen MR) is 91.5 cm³/mol. The Labute approximate surface area is 133 Å². The number of halogens is 1. The third-order valence-electron chi connectivity index (χ3n) is 1.94. The molecule has 0 N–H and O–H groups in total. The van der Waals surface area contributed by atoms with E-state index in [4.69, 9.17) is 24.9 Å². The SMILES string of the molecule is CCO[Si](CCC(Cl)SSSS)(OCC)OCC. The van der Waals surface area contributed by atoms with Gasteiger partial charge < -0.3 is 13.3 Å². The fourth-order valence-electron chi connectivity index (χ4n) is 1.40. The molecule has 0 spiro atoms. The second-order valence-corrected chi connectivity index (χ2v) is 11.7. The van der Waals surface area contributed by atoms with E-state index in [1.165, 1.54) is 9.83 Å². The van der Waals surface area contributed by atoms with Crippen LogP contribution in [0.1, 0.15) is 27.2 Å². The van der Waals surface area contributed by atoms with Crippen LogP contribution in [0.5, 0.6) is 0 Å². The molecule has 18 heavy (non-hydrogen) atoms.